The number of unbranched alkanes of at least 4 members (excludes halogenated alkanes) is 16. The van der Waals surface area contributed by atoms with Gasteiger partial charge in [-0.05, 0) is 19.3 Å². The van der Waals surface area contributed by atoms with Gasteiger partial charge in [0.2, 0.25) is 5.91 Å². The first-order valence-corrected chi connectivity index (χ1v) is 12.8. The van der Waals surface area contributed by atoms with Gasteiger partial charge < -0.3 is 10.1 Å². The van der Waals surface area contributed by atoms with Crippen molar-refractivity contribution in [2.45, 2.75) is 135 Å². The first-order valence-electron chi connectivity index (χ1n) is 12.8. The molecule has 30 heavy (non-hydrogen) atoms. The van der Waals surface area contributed by atoms with Crippen LogP contribution in [-0.2, 0) is 14.3 Å². The summed E-state index contributed by atoms with van der Waals surface area (Å²) in [5.41, 5.74) is 0. The Hall–Kier alpha value is -1.32. The normalized spacial score (nSPS) is 16.3. The van der Waals surface area contributed by atoms with Crippen molar-refractivity contribution in [3.8, 4) is 0 Å². The van der Waals surface area contributed by atoms with E-state index in [4.69, 9.17) is 4.74 Å². The fourth-order valence-corrected chi connectivity index (χ4v) is 4.02. The molecule has 1 atom stereocenters. The van der Waals surface area contributed by atoms with Crippen LogP contribution in [0.4, 0.5) is 0 Å². The van der Waals surface area contributed by atoms with E-state index in [2.05, 4.69) is 18.3 Å². The molecule has 4 nitrogen and oxygen atoms in total. The van der Waals surface area contributed by atoms with Gasteiger partial charge in [-0.3, -0.25) is 4.79 Å². The molecule has 174 valence electrons. The zero-order valence-electron chi connectivity index (χ0n) is 19.6. The van der Waals surface area contributed by atoms with E-state index < -0.39 is 6.04 Å². The molecule has 0 unspecified atom stereocenters. The summed E-state index contributed by atoms with van der Waals surface area (Å²) in [5.74, 6) is -0.371. The Morgan fingerprint density at radius 3 is 1.80 bits per heavy atom. The average Bonchev–Trinajstić information content (AvgIpc) is 3.18. The molecule has 0 aromatic rings. The van der Waals surface area contributed by atoms with Crippen molar-refractivity contribution in [2.24, 2.45) is 0 Å². The van der Waals surface area contributed by atoms with E-state index in [-0.39, 0.29) is 11.9 Å². The molecule has 4 heteroatoms. The lowest BCUT2D eigenvalue weighted by molar-refractivity contribution is -0.145. The Kier molecular flexibility index (Phi) is 17.5. The van der Waals surface area contributed by atoms with E-state index in [1.54, 1.807) is 0 Å². The van der Waals surface area contributed by atoms with E-state index in [9.17, 15) is 9.59 Å². The van der Waals surface area contributed by atoms with Gasteiger partial charge >= 0.3 is 5.97 Å². The number of ether oxygens (including phenoxy) is 1. The number of rotatable bonds is 20. The van der Waals surface area contributed by atoms with E-state index in [1.165, 1.54) is 103 Å². The molecule has 0 aromatic carbocycles. The summed E-state index contributed by atoms with van der Waals surface area (Å²) in [4.78, 5) is 22.8. The molecule has 1 fully saturated rings. The zero-order chi connectivity index (χ0) is 21.7. The van der Waals surface area contributed by atoms with Crippen LogP contribution in [0.5, 0.6) is 0 Å². The summed E-state index contributed by atoms with van der Waals surface area (Å²) in [5, 5.41) is 2.63. The van der Waals surface area contributed by atoms with Crippen molar-refractivity contribution in [3.63, 3.8) is 0 Å². The monoisotopic (exact) mass is 421 g/mol. The van der Waals surface area contributed by atoms with Crippen LogP contribution in [0, 0.1) is 0 Å². The smallest absolute Gasteiger partial charge is 0.328 e. The van der Waals surface area contributed by atoms with Gasteiger partial charge in [-0.1, -0.05) is 115 Å². The fraction of sp³-hybridized carbons (Fsp3) is 0.846. The summed E-state index contributed by atoms with van der Waals surface area (Å²) in [6.07, 6.45) is 28.3. The van der Waals surface area contributed by atoms with Crippen LogP contribution >= 0.6 is 0 Å². The second-order valence-electron chi connectivity index (χ2n) is 8.85. The van der Waals surface area contributed by atoms with E-state index in [0.717, 1.165) is 6.42 Å². The molecule has 1 rings (SSSR count). The second-order valence-corrected chi connectivity index (χ2v) is 8.85. The minimum absolute atomic E-state index is 0.0593. The van der Waals surface area contributed by atoms with Crippen molar-refractivity contribution in [2.75, 3.05) is 6.61 Å². The average molecular weight is 422 g/mol. The lowest BCUT2D eigenvalue weighted by atomic mass is 10.0. The Labute approximate surface area is 185 Å². The molecule has 0 radical (unpaired) electrons. The molecule has 1 amide bonds. The van der Waals surface area contributed by atoms with Crippen molar-refractivity contribution >= 4 is 11.9 Å². The number of esters is 1. The molecule has 1 aliphatic rings. The maximum atomic E-state index is 11.7. The van der Waals surface area contributed by atoms with Crippen LogP contribution in [0.1, 0.15) is 129 Å². The minimum Gasteiger partial charge on any atom is -0.460 e. The van der Waals surface area contributed by atoms with Crippen LogP contribution < -0.4 is 5.32 Å². The predicted molar refractivity (Wildman–Crippen MR) is 125 cm³/mol. The third-order valence-electron chi connectivity index (χ3n) is 5.99. The van der Waals surface area contributed by atoms with Crippen LogP contribution in [0.2, 0.25) is 0 Å². The standard InChI is InChI=1S/C26H47NO3/c1-2-3-4-5-6-7-8-9-10-11-12-13-14-15-16-17-18-19-20-23-30-26(29)24-21-22-25(28)27-24/h19-20,24H,2-18,21-23H2,1H3,(H,27,28)/b20-19+/t24-/m0/s1. The molecule has 0 aromatic heterocycles. The quantitative estimate of drug-likeness (QED) is 0.131. The minimum atomic E-state index is -0.439. The third kappa shape index (κ3) is 15.5. The first kappa shape index (κ1) is 26.7. The van der Waals surface area contributed by atoms with Gasteiger partial charge in [-0.2, -0.15) is 0 Å². The Bertz CT molecular complexity index is 461. The predicted octanol–water partition coefficient (Wildman–Crippen LogP) is 7.02. The number of hydrogen-bond acceptors (Lipinski definition) is 3. The number of carbonyl (C=O) groups is 2. The van der Waals surface area contributed by atoms with Gasteiger partial charge in [0.15, 0.2) is 0 Å². The second kappa shape index (κ2) is 19.6. The topological polar surface area (TPSA) is 55.4 Å². The fourth-order valence-electron chi connectivity index (χ4n) is 4.02. The molecule has 0 aliphatic carbocycles. The van der Waals surface area contributed by atoms with Gasteiger partial charge in [-0.15, -0.1) is 0 Å². The van der Waals surface area contributed by atoms with Crippen molar-refractivity contribution in [1.29, 1.82) is 0 Å². The van der Waals surface area contributed by atoms with Crippen molar-refractivity contribution in [1.82, 2.24) is 5.32 Å². The van der Waals surface area contributed by atoms with Gasteiger partial charge in [0.1, 0.15) is 12.6 Å². The highest BCUT2D eigenvalue weighted by Gasteiger charge is 2.28. The Morgan fingerprint density at radius 1 is 0.833 bits per heavy atom. The number of hydrogen-bond donors (Lipinski definition) is 1. The van der Waals surface area contributed by atoms with E-state index in [0.29, 0.717) is 19.4 Å². The SMILES string of the molecule is CCCCCCCCCCCCCCCCCC/C=C/COC(=O)[C@@H]1CCC(=O)N1. The molecule has 0 bridgehead atoms. The van der Waals surface area contributed by atoms with E-state index >= 15 is 0 Å². The molecule has 0 saturated carbocycles. The van der Waals surface area contributed by atoms with Gasteiger partial charge in [0, 0.05) is 6.42 Å². The lowest BCUT2D eigenvalue weighted by Crippen LogP contribution is -2.34. The third-order valence-corrected chi connectivity index (χ3v) is 5.99. The molecule has 1 aliphatic heterocycles. The maximum absolute atomic E-state index is 11.7. The lowest BCUT2D eigenvalue weighted by Gasteiger charge is -2.08. The van der Waals surface area contributed by atoms with Crippen LogP contribution in [0.3, 0.4) is 0 Å². The molecule has 1 N–H and O–H groups in total. The maximum Gasteiger partial charge on any atom is 0.328 e. The number of carbonyl (C=O) groups excluding carboxylic acids is 2. The first-order chi connectivity index (χ1) is 14.7. The zero-order valence-corrected chi connectivity index (χ0v) is 19.6. The summed E-state index contributed by atoms with van der Waals surface area (Å²) in [6.45, 7) is 2.59. The number of amides is 1. The Morgan fingerprint density at radius 2 is 1.33 bits per heavy atom. The van der Waals surface area contributed by atoms with Crippen molar-refractivity contribution in [3.05, 3.63) is 12.2 Å². The Balaban J connectivity index is 1.74. The molecular weight excluding hydrogens is 374 g/mol. The van der Waals surface area contributed by atoms with Crippen LogP contribution in [0.25, 0.3) is 0 Å². The molecular formula is C26H47NO3. The summed E-state index contributed by atoms with van der Waals surface area (Å²) in [7, 11) is 0. The summed E-state index contributed by atoms with van der Waals surface area (Å²) in [6, 6.07) is -0.439. The van der Waals surface area contributed by atoms with Crippen molar-refractivity contribution < 1.29 is 14.3 Å². The van der Waals surface area contributed by atoms with Gasteiger partial charge in [0.25, 0.3) is 0 Å². The largest absolute Gasteiger partial charge is 0.460 e. The molecule has 0 spiro atoms. The highest BCUT2D eigenvalue weighted by atomic mass is 16.5. The highest BCUT2D eigenvalue weighted by Crippen LogP contribution is 2.14. The number of allylic oxidation sites excluding steroid dienone is 1. The van der Waals surface area contributed by atoms with Crippen LogP contribution in [-0.4, -0.2) is 24.5 Å². The molecule has 1 saturated heterocycles. The highest BCUT2D eigenvalue weighted by molar-refractivity contribution is 5.88. The van der Waals surface area contributed by atoms with Gasteiger partial charge in [-0.25, -0.2) is 4.79 Å². The number of nitrogens with one attached hydrogen (secondary N) is 1. The van der Waals surface area contributed by atoms with E-state index in [1.807, 2.05) is 6.08 Å². The summed E-state index contributed by atoms with van der Waals surface area (Å²) >= 11 is 0. The van der Waals surface area contributed by atoms with Crippen LogP contribution in [0.15, 0.2) is 12.2 Å². The summed E-state index contributed by atoms with van der Waals surface area (Å²) < 4.78 is 5.17. The molecule has 1 heterocycles. The van der Waals surface area contributed by atoms with Gasteiger partial charge in [0.05, 0.1) is 0 Å².